The summed E-state index contributed by atoms with van der Waals surface area (Å²) in [4.78, 5) is 0. The lowest BCUT2D eigenvalue weighted by Gasteiger charge is -2.20. The average molecular weight is 280 g/mol. The molecule has 0 aromatic heterocycles. The predicted molar refractivity (Wildman–Crippen MR) is 90.9 cm³/mol. The van der Waals surface area contributed by atoms with Gasteiger partial charge in [-0.15, -0.1) is 0 Å². The molecular weight excluding hydrogens is 256 g/mol. The Bertz CT molecular complexity index is 603. The molecule has 0 saturated heterocycles. The Morgan fingerprint density at radius 2 is 1.71 bits per heavy atom. The van der Waals surface area contributed by atoms with Gasteiger partial charge in [0.2, 0.25) is 0 Å². The molecule has 0 radical (unpaired) electrons. The zero-order valence-electron chi connectivity index (χ0n) is 13.4. The van der Waals surface area contributed by atoms with Gasteiger partial charge in [0.1, 0.15) is 5.75 Å². The fourth-order valence-electron chi connectivity index (χ4n) is 2.29. The Hall–Kier alpha value is -2.02. The van der Waals surface area contributed by atoms with Crippen LogP contribution in [-0.2, 0) is 11.8 Å². The standard InChI is InChI=1S/C20H24O/c1-20(2,3)18-13-14-19(21-4)17(15-18)12-8-11-16-9-6-5-7-10-16/h5-11,13-15H,12H2,1-4H3. The lowest BCUT2D eigenvalue weighted by Crippen LogP contribution is -2.11. The van der Waals surface area contributed by atoms with Crippen LogP contribution in [0.1, 0.15) is 37.5 Å². The molecule has 2 aromatic rings. The molecule has 0 fully saturated rings. The SMILES string of the molecule is COc1ccc(C(C)(C)C)cc1CC=Cc1ccccc1. The van der Waals surface area contributed by atoms with E-state index in [9.17, 15) is 0 Å². The third kappa shape index (κ3) is 4.22. The fraction of sp³-hybridized carbons (Fsp3) is 0.300. The monoisotopic (exact) mass is 280 g/mol. The molecule has 2 aromatic carbocycles. The normalized spacial score (nSPS) is 11.8. The number of allylic oxidation sites excluding steroid dienone is 1. The topological polar surface area (TPSA) is 9.23 Å². The summed E-state index contributed by atoms with van der Waals surface area (Å²) in [6, 6.07) is 16.9. The largest absolute Gasteiger partial charge is 0.496 e. The van der Waals surface area contributed by atoms with Crippen LogP contribution in [0.5, 0.6) is 5.75 Å². The second kappa shape index (κ2) is 6.62. The van der Waals surface area contributed by atoms with Crippen LogP contribution in [0.2, 0.25) is 0 Å². The van der Waals surface area contributed by atoms with Crippen LogP contribution in [0, 0.1) is 0 Å². The number of hydrogen-bond donors (Lipinski definition) is 0. The first kappa shape index (κ1) is 15.4. The molecule has 0 heterocycles. The molecule has 0 atom stereocenters. The van der Waals surface area contributed by atoms with Gasteiger partial charge in [-0.2, -0.15) is 0 Å². The lowest BCUT2D eigenvalue weighted by molar-refractivity contribution is 0.410. The van der Waals surface area contributed by atoms with Crippen molar-refractivity contribution in [2.45, 2.75) is 32.6 Å². The average Bonchev–Trinajstić information content (AvgIpc) is 2.47. The third-order valence-corrected chi connectivity index (χ3v) is 3.59. The number of rotatable bonds is 4. The van der Waals surface area contributed by atoms with Gasteiger partial charge < -0.3 is 4.74 Å². The van der Waals surface area contributed by atoms with Crippen molar-refractivity contribution in [3.63, 3.8) is 0 Å². The maximum atomic E-state index is 5.48. The first-order chi connectivity index (χ1) is 10.0. The predicted octanol–water partition coefficient (Wildman–Crippen LogP) is 5.25. The molecular formula is C20H24O. The van der Waals surface area contributed by atoms with Crippen LogP contribution in [0.15, 0.2) is 54.6 Å². The molecule has 0 aliphatic carbocycles. The van der Waals surface area contributed by atoms with Crippen molar-refractivity contribution in [1.29, 1.82) is 0 Å². The Balaban J connectivity index is 2.20. The van der Waals surface area contributed by atoms with E-state index in [1.54, 1.807) is 7.11 Å². The highest BCUT2D eigenvalue weighted by molar-refractivity contribution is 5.50. The van der Waals surface area contributed by atoms with Crippen LogP contribution in [0.25, 0.3) is 6.08 Å². The molecule has 0 N–H and O–H groups in total. The molecule has 0 bridgehead atoms. The van der Waals surface area contributed by atoms with E-state index in [2.05, 4.69) is 75.4 Å². The third-order valence-electron chi connectivity index (χ3n) is 3.59. The first-order valence-corrected chi connectivity index (χ1v) is 7.39. The summed E-state index contributed by atoms with van der Waals surface area (Å²) in [6.45, 7) is 6.70. The number of benzene rings is 2. The minimum atomic E-state index is 0.157. The van der Waals surface area contributed by atoms with Crippen molar-refractivity contribution in [2.24, 2.45) is 0 Å². The van der Waals surface area contributed by atoms with Crippen molar-refractivity contribution < 1.29 is 4.74 Å². The van der Waals surface area contributed by atoms with E-state index in [1.807, 2.05) is 6.07 Å². The molecule has 0 aliphatic heterocycles. The van der Waals surface area contributed by atoms with Gasteiger partial charge in [0.25, 0.3) is 0 Å². The zero-order chi connectivity index (χ0) is 15.3. The summed E-state index contributed by atoms with van der Waals surface area (Å²) < 4.78 is 5.48. The summed E-state index contributed by atoms with van der Waals surface area (Å²) >= 11 is 0. The minimum Gasteiger partial charge on any atom is -0.496 e. The van der Waals surface area contributed by atoms with E-state index in [0.29, 0.717) is 0 Å². The maximum absolute atomic E-state index is 5.48. The quantitative estimate of drug-likeness (QED) is 0.743. The summed E-state index contributed by atoms with van der Waals surface area (Å²) in [5.74, 6) is 0.959. The van der Waals surface area contributed by atoms with Gasteiger partial charge in [0.15, 0.2) is 0 Å². The van der Waals surface area contributed by atoms with E-state index in [0.717, 1.165) is 12.2 Å². The van der Waals surface area contributed by atoms with Gasteiger partial charge in [-0.3, -0.25) is 0 Å². The maximum Gasteiger partial charge on any atom is 0.122 e. The highest BCUT2D eigenvalue weighted by atomic mass is 16.5. The number of hydrogen-bond acceptors (Lipinski definition) is 1. The van der Waals surface area contributed by atoms with Gasteiger partial charge in [-0.05, 0) is 34.6 Å². The second-order valence-electron chi connectivity index (χ2n) is 6.29. The lowest BCUT2D eigenvalue weighted by atomic mass is 9.85. The Kier molecular flexibility index (Phi) is 4.85. The van der Waals surface area contributed by atoms with Crippen molar-refractivity contribution in [1.82, 2.24) is 0 Å². The zero-order valence-corrected chi connectivity index (χ0v) is 13.4. The van der Waals surface area contributed by atoms with Gasteiger partial charge in [0, 0.05) is 0 Å². The Labute approximate surface area is 128 Å². The summed E-state index contributed by atoms with van der Waals surface area (Å²) in [6.07, 6.45) is 5.23. The molecule has 0 aliphatic rings. The van der Waals surface area contributed by atoms with Gasteiger partial charge in [-0.1, -0.05) is 75.4 Å². The van der Waals surface area contributed by atoms with Crippen LogP contribution in [0.4, 0.5) is 0 Å². The van der Waals surface area contributed by atoms with E-state index in [1.165, 1.54) is 16.7 Å². The fourth-order valence-corrected chi connectivity index (χ4v) is 2.29. The molecule has 2 rings (SSSR count). The van der Waals surface area contributed by atoms with Gasteiger partial charge in [0.05, 0.1) is 7.11 Å². The smallest absolute Gasteiger partial charge is 0.122 e. The van der Waals surface area contributed by atoms with E-state index < -0.39 is 0 Å². The van der Waals surface area contributed by atoms with E-state index >= 15 is 0 Å². The van der Waals surface area contributed by atoms with Crippen molar-refractivity contribution in [2.75, 3.05) is 7.11 Å². The van der Waals surface area contributed by atoms with Gasteiger partial charge >= 0.3 is 0 Å². The molecule has 0 amide bonds. The number of methoxy groups -OCH3 is 1. The second-order valence-corrected chi connectivity index (χ2v) is 6.29. The van der Waals surface area contributed by atoms with Crippen LogP contribution in [0.3, 0.4) is 0 Å². The Morgan fingerprint density at radius 3 is 2.33 bits per heavy atom. The molecule has 110 valence electrons. The summed E-state index contributed by atoms with van der Waals surface area (Å²) in [5.41, 5.74) is 3.96. The highest BCUT2D eigenvalue weighted by Crippen LogP contribution is 2.28. The molecule has 21 heavy (non-hydrogen) atoms. The van der Waals surface area contributed by atoms with E-state index in [-0.39, 0.29) is 5.41 Å². The molecule has 1 heteroatoms. The van der Waals surface area contributed by atoms with Crippen LogP contribution < -0.4 is 4.74 Å². The first-order valence-electron chi connectivity index (χ1n) is 7.39. The molecule has 0 unspecified atom stereocenters. The molecule has 0 saturated carbocycles. The van der Waals surface area contributed by atoms with Crippen molar-refractivity contribution in [3.05, 3.63) is 71.3 Å². The highest BCUT2D eigenvalue weighted by Gasteiger charge is 2.15. The Morgan fingerprint density at radius 1 is 1.00 bits per heavy atom. The van der Waals surface area contributed by atoms with Crippen LogP contribution in [-0.4, -0.2) is 7.11 Å². The summed E-state index contributed by atoms with van der Waals surface area (Å²) in [5, 5.41) is 0. The van der Waals surface area contributed by atoms with E-state index in [4.69, 9.17) is 4.74 Å². The van der Waals surface area contributed by atoms with Gasteiger partial charge in [-0.25, -0.2) is 0 Å². The number of ether oxygens (including phenoxy) is 1. The van der Waals surface area contributed by atoms with Crippen molar-refractivity contribution in [3.8, 4) is 5.75 Å². The molecule has 1 nitrogen and oxygen atoms in total. The molecule has 0 spiro atoms. The minimum absolute atomic E-state index is 0.157. The van der Waals surface area contributed by atoms with Crippen LogP contribution >= 0.6 is 0 Å². The van der Waals surface area contributed by atoms with Crippen molar-refractivity contribution >= 4 is 6.08 Å². The summed E-state index contributed by atoms with van der Waals surface area (Å²) in [7, 11) is 1.73.